The molecule has 0 aliphatic carbocycles. The van der Waals surface area contributed by atoms with Gasteiger partial charge in [0.15, 0.2) is 0 Å². The molecule has 0 aliphatic heterocycles. The normalized spacial score (nSPS) is 11.5. The summed E-state index contributed by atoms with van der Waals surface area (Å²) in [6.45, 7) is 4.57. The summed E-state index contributed by atoms with van der Waals surface area (Å²) in [5.41, 5.74) is 6.83. The lowest BCUT2D eigenvalue weighted by Gasteiger charge is -2.37. The van der Waals surface area contributed by atoms with Gasteiger partial charge in [0.2, 0.25) is 0 Å². The molecule has 43 heavy (non-hydrogen) atoms. The second kappa shape index (κ2) is 14.7. The van der Waals surface area contributed by atoms with E-state index >= 15 is 0 Å². The predicted molar refractivity (Wildman–Crippen MR) is 188 cm³/mol. The van der Waals surface area contributed by atoms with Gasteiger partial charge >= 0.3 is 0 Å². The van der Waals surface area contributed by atoms with Crippen LogP contribution in [0.5, 0.6) is 0 Å². The Kier molecular flexibility index (Phi) is 10.3. The van der Waals surface area contributed by atoms with E-state index in [0.717, 1.165) is 6.42 Å². The molecule has 0 saturated heterocycles. The van der Waals surface area contributed by atoms with Gasteiger partial charge in [0.05, 0.1) is 21.0 Å². The fraction of sp³-hybridized carbons (Fsp3) is 0.154. The maximum absolute atomic E-state index is 4.42. The average molecular weight is 577 g/mol. The Balaban J connectivity index is 0.000000220. The van der Waals surface area contributed by atoms with Gasteiger partial charge in [-0.3, -0.25) is 0 Å². The zero-order chi connectivity index (χ0) is 29.9. The topological polar surface area (TPSA) is 17.8 Å². The van der Waals surface area contributed by atoms with Crippen LogP contribution in [0.4, 0.5) is 0 Å². The fourth-order valence-corrected chi connectivity index (χ4v) is 8.44. The summed E-state index contributed by atoms with van der Waals surface area (Å²) in [5, 5.41) is 1.26. The summed E-state index contributed by atoms with van der Waals surface area (Å²) in [6, 6.07) is 52.3. The van der Waals surface area contributed by atoms with Crippen LogP contribution in [0.2, 0.25) is 0 Å². The first kappa shape index (κ1) is 30.1. The van der Waals surface area contributed by atoms with Crippen molar-refractivity contribution in [3.8, 4) is 0 Å². The molecule has 2 nitrogen and oxygen atoms in total. The van der Waals surface area contributed by atoms with Crippen molar-refractivity contribution in [1.29, 1.82) is 0 Å². The number of aromatic nitrogens is 2. The van der Waals surface area contributed by atoms with E-state index in [4.69, 9.17) is 0 Å². The molecule has 1 heterocycles. The summed E-state index contributed by atoms with van der Waals surface area (Å²) in [6.07, 6.45) is 7.11. The Labute approximate surface area is 260 Å². The van der Waals surface area contributed by atoms with Gasteiger partial charge in [-0.1, -0.05) is 165 Å². The van der Waals surface area contributed by atoms with E-state index in [1.165, 1.54) is 33.0 Å². The molecule has 0 unspecified atom stereocenters. The summed E-state index contributed by atoms with van der Waals surface area (Å²) < 4.78 is 2.32. The van der Waals surface area contributed by atoms with Gasteiger partial charge < -0.3 is 4.57 Å². The van der Waals surface area contributed by atoms with Gasteiger partial charge in [-0.15, -0.1) is 0 Å². The van der Waals surface area contributed by atoms with Crippen molar-refractivity contribution >= 4 is 22.6 Å². The predicted octanol–water partition coefficient (Wildman–Crippen LogP) is 6.73. The standard InChI is InChI=1S/C26H28N2Si.C13H13B/c1-21(2)18-22-10-9-15-25(19-22)29-26(28-17-16-27-20-28,23-11-5-3-6-12-23)24-13-7-4-8-14-24;14-13(11-7-3-1-4-8-11)12-9-5-2-6-10-12/h3-17,19-21H,18,29H2,1-2H3;1-10,13H,14H2. The van der Waals surface area contributed by atoms with E-state index < -0.39 is 9.52 Å². The van der Waals surface area contributed by atoms with Crippen molar-refractivity contribution in [2.24, 2.45) is 5.92 Å². The van der Waals surface area contributed by atoms with Gasteiger partial charge in [0, 0.05) is 12.4 Å². The molecule has 0 spiro atoms. The summed E-state index contributed by atoms with van der Waals surface area (Å²) in [5.74, 6) is 1.14. The van der Waals surface area contributed by atoms with Crippen LogP contribution in [-0.4, -0.2) is 26.9 Å². The van der Waals surface area contributed by atoms with Gasteiger partial charge in [-0.25, -0.2) is 4.98 Å². The van der Waals surface area contributed by atoms with Crippen LogP contribution in [0.15, 0.2) is 164 Å². The first-order valence-electron chi connectivity index (χ1n) is 15.3. The number of rotatable bonds is 9. The minimum Gasteiger partial charge on any atom is -0.326 e. The third kappa shape index (κ3) is 7.52. The number of hydrogen-bond acceptors (Lipinski definition) is 1. The molecule has 0 saturated carbocycles. The highest BCUT2D eigenvalue weighted by Crippen LogP contribution is 2.33. The zero-order valence-corrected chi connectivity index (χ0v) is 27.0. The van der Waals surface area contributed by atoms with Crippen LogP contribution < -0.4 is 5.19 Å². The Hall–Kier alpha value is -4.41. The van der Waals surface area contributed by atoms with Gasteiger partial charge in [0.1, 0.15) is 7.85 Å². The Morgan fingerprint density at radius 2 is 1.19 bits per heavy atom. The average Bonchev–Trinajstić information content (AvgIpc) is 3.61. The third-order valence-electron chi connectivity index (χ3n) is 8.14. The second-order valence-electron chi connectivity index (χ2n) is 11.7. The van der Waals surface area contributed by atoms with E-state index in [-0.39, 0.29) is 5.16 Å². The highest BCUT2D eigenvalue weighted by atomic mass is 28.2. The van der Waals surface area contributed by atoms with Gasteiger partial charge in [-0.2, -0.15) is 0 Å². The summed E-state index contributed by atoms with van der Waals surface area (Å²) in [4.78, 5) is 4.42. The molecular weight excluding hydrogens is 535 g/mol. The molecule has 4 heteroatoms. The van der Waals surface area contributed by atoms with E-state index in [0.29, 0.717) is 11.7 Å². The highest BCUT2D eigenvalue weighted by Gasteiger charge is 2.36. The van der Waals surface area contributed by atoms with Crippen molar-refractivity contribution < 1.29 is 0 Å². The molecule has 0 fully saturated rings. The molecule has 214 valence electrons. The quantitative estimate of drug-likeness (QED) is 0.175. The molecule has 0 aliphatic rings. The van der Waals surface area contributed by atoms with E-state index in [1.807, 2.05) is 12.5 Å². The molecule has 0 amide bonds. The van der Waals surface area contributed by atoms with E-state index in [2.05, 4.69) is 183 Å². The Morgan fingerprint density at radius 3 is 1.65 bits per heavy atom. The second-order valence-corrected chi connectivity index (χ2v) is 13.9. The molecule has 0 N–H and O–H groups in total. The number of benzene rings is 5. The summed E-state index contributed by atoms with van der Waals surface area (Å²) in [7, 11) is 1.44. The zero-order valence-electron chi connectivity index (χ0n) is 25.6. The van der Waals surface area contributed by atoms with Crippen LogP contribution in [0.3, 0.4) is 0 Å². The lowest BCUT2D eigenvalue weighted by Crippen LogP contribution is -2.46. The molecule has 0 bridgehead atoms. The third-order valence-corrected chi connectivity index (χ3v) is 10.7. The Morgan fingerprint density at radius 1 is 0.674 bits per heavy atom. The van der Waals surface area contributed by atoms with E-state index in [9.17, 15) is 0 Å². The highest BCUT2D eigenvalue weighted by molar-refractivity contribution is 6.57. The maximum atomic E-state index is 4.42. The Bertz CT molecular complexity index is 1560. The van der Waals surface area contributed by atoms with Crippen LogP contribution >= 0.6 is 0 Å². The van der Waals surface area contributed by atoms with Crippen LogP contribution in [0, 0.1) is 5.92 Å². The molecule has 1 aromatic heterocycles. The SMILES string of the molecule is BC(c1ccccc1)c1ccccc1.CC(C)Cc1cccc([SiH2]C(c2ccccc2)(c2ccccc2)n2ccnc2)c1. The van der Waals surface area contributed by atoms with Crippen LogP contribution in [0.25, 0.3) is 0 Å². The molecule has 0 radical (unpaired) electrons. The van der Waals surface area contributed by atoms with Crippen molar-refractivity contribution in [3.63, 3.8) is 0 Å². The first-order chi connectivity index (χ1) is 21.1. The lowest BCUT2D eigenvalue weighted by atomic mass is 9.76. The minimum absolute atomic E-state index is 0.213. The molecule has 0 atom stereocenters. The number of nitrogens with zero attached hydrogens (tertiary/aromatic N) is 2. The van der Waals surface area contributed by atoms with Crippen LogP contribution in [-0.2, 0) is 11.6 Å². The van der Waals surface area contributed by atoms with Gasteiger partial charge in [0.25, 0.3) is 0 Å². The fourth-order valence-electron chi connectivity index (χ4n) is 5.98. The lowest BCUT2D eigenvalue weighted by molar-refractivity contribution is 0.596. The molecule has 6 aromatic rings. The smallest absolute Gasteiger partial charge is 0.116 e. The largest absolute Gasteiger partial charge is 0.326 e. The van der Waals surface area contributed by atoms with Crippen molar-refractivity contribution in [2.75, 3.05) is 0 Å². The van der Waals surface area contributed by atoms with Gasteiger partial charge in [-0.05, 0) is 46.0 Å². The summed E-state index contributed by atoms with van der Waals surface area (Å²) >= 11 is 0. The monoisotopic (exact) mass is 576 g/mol. The molecular formula is C39H41BN2Si. The number of imidazole rings is 1. The maximum Gasteiger partial charge on any atom is 0.116 e. The first-order valence-corrected chi connectivity index (χ1v) is 16.7. The van der Waals surface area contributed by atoms with Crippen molar-refractivity contribution in [2.45, 2.75) is 31.2 Å². The van der Waals surface area contributed by atoms with E-state index in [1.54, 1.807) is 0 Å². The molecule has 6 rings (SSSR count). The van der Waals surface area contributed by atoms with Crippen molar-refractivity contribution in [3.05, 3.63) is 192 Å². The van der Waals surface area contributed by atoms with Crippen LogP contribution in [0.1, 0.15) is 47.5 Å². The minimum atomic E-state index is -0.802. The van der Waals surface area contributed by atoms with Crippen molar-refractivity contribution in [1.82, 2.24) is 9.55 Å². The molecule has 5 aromatic carbocycles. The number of hydrogen-bond donors (Lipinski definition) is 0.